The molecule has 0 saturated heterocycles. The van der Waals surface area contributed by atoms with Gasteiger partial charge < -0.3 is 5.73 Å². The fourth-order valence-electron chi connectivity index (χ4n) is 0.271. The van der Waals surface area contributed by atoms with Crippen molar-refractivity contribution in [1.82, 2.24) is 0 Å². The Labute approximate surface area is 52.0 Å². The number of hydrogen-bond donors (Lipinski definition) is 1. The summed E-state index contributed by atoms with van der Waals surface area (Å²) in [6, 6.07) is 0. The Kier molecular flexibility index (Phi) is 3.61. The summed E-state index contributed by atoms with van der Waals surface area (Å²) in [4.78, 5) is 0. The molecule has 0 atom stereocenters. The molecule has 9 heavy (non-hydrogen) atoms. The number of halogens is 3. The second-order valence-electron chi connectivity index (χ2n) is 2.11. The SMILES string of the molecule is NCC(CF)(CF)CF. The van der Waals surface area contributed by atoms with Crippen LogP contribution in [0.3, 0.4) is 0 Å². The molecule has 0 aromatic heterocycles. The maximum Gasteiger partial charge on any atom is 0.101 e. The third-order valence-electron chi connectivity index (χ3n) is 1.28. The summed E-state index contributed by atoms with van der Waals surface area (Å²) >= 11 is 0. The van der Waals surface area contributed by atoms with Gasteiger partial charge in [-0.3, -0.25) is 13.2 Å². The van der Waals surface area contributed by atoms with Gasteiger partial charge in [-0.1, -0.05) is 0 Å². The van der Waals surface area contributed by atoms with Crippen LogP contribution in [0.4, 0.5) is 13.2 Å². The molecule has 0 aliphatic rings. The Morgan fingerprint density at radius 1 is 1.00 bits per heavy atom. The van der Waals surface area contributed by atoms with Crippen molar-refractivity contribution in [2.75, 3.05) is 26.6 Å². The molecular weight excluding hydrogens is 131 g/mol. The van der Waals surface area contributed by atoms with Crippen LogP contribution in [0.2, 0.25) is 0 Å². The zero-order chi connectivity index (χ0) is 7.33. The van der Waals surface area contributed by atoms with Crippen LogP contribution in [0.1, 0.15) is 0 Å². The summed E-state index contributed by atoms with van der Waals surface area (Å²) in [5.74, 6) is 0. The fourth-order valence-corrected chi connectivity index (χ4v) is 0.271. The number of nitrogens with two attached hydrogens (primary N) is 1. The average Bonchev–Trinajstić information content (AvgIpc) is 1.95. The van der Waals surface area contributed by atoms with Gasteiger partial charge in [-0.2, -0.15) is 0 Å². The molecule has 0 amide bonds. The first kappa shape index (κ1) is 8.75. The van der Waals surface area contributed by atoms with Crippen molar-refractivity contribution in [2.24, 2.45) is 11.1 Å². The first-order valence-electron chi connectivity index (χ1n) is 2.62. The monoisotopic (exact) mass is 141 g/mol. The van der Waals surface area contributed by atoms with Crippen LogP contribution in [-0.2, 0) is 0 Å². The largest absolute Gasteiger partial charge is 0.330 e. The molecule has 0 unspecified atom stereocenters. The Hall–Kier alpha value is -0.250. The molecular formula is C5H10F3N. The highest BCUT2D eigenvalue weighted by molar-refractivity contribution is 4.77. The lowest BCUT2D eigenvalue weighted by Crippen LogP contribution is -2.37. The highest BCUT2D eigenvalue weighted by Crippen LogP contribution is 2.17. The van der Waals surface area contributed by atoms with E-state index in [9.17, 15) is 13.2 Å². The lowest BCUT2D eigenvalue weighted by molar-refractivity contribution is 0.121. The minimum Gasteiger partial charge on any atom is -0.330 e. The van der Waals surface area contributed by atoms with Gasteiger partial charge in [0.05, 0.1) is 5.41 Å². The summed E-state index contributed by atoms with van der Waals surface area (Å²) in [6.45, 7) is -3.38. The van der Waals surface area contributed by atoms with Gasteiger partial charge in [-0.25, -0.2) is 0 Å². The number of alkyl halides is 3. The smallest absolute Gasteiger partial charge is 0.101 e. The van der Waals surface area contributed by atoms with E-state index < -0.39 is 25.4 Å². The van der Waals surface area contributed by atoms with Gasteiger partial charge in [0.25, 0.3) is 0 Å². The summed E-state index contributed by atoms with van der Waals surface area (Å²) in [7, 11) is 0. The third-order valence-corrected chi connectivity index (χ3v) is 1.28. The molecule has 2 N–H and O–H groups in total. The van der Waals surface area contributed by atoms with Crippen LogP contribution in [0.5, 0.6) is 0 Å². The zero-order valence-corrected chi connectivity index (χ0v) is 5.04. The van der Waals surface area contributed by atoms with Crippen molar-refractivity contribution >= 4 is 0 Å². The molecule has 0 rings (SSSR count). The predicted octanol–water partition coefficient (Wildman–Crippen LogP) is 0.840. The van der Waals surface area contributed by atoms with Gasteiger partial charge in [0.15, 0.2) is 0 Å². The van der Waals surface area contributed by atoms with Crippen molar-refractivity contribution in [3.63, 3.8) is 0 Å². The Morgan fingerprint density at radius 3 is 1.33 bits per heavy atom. The summed E-state index contributed by atoms with van der Waals surface area (Å²) in [5, 5.41) is 0. The molecule has 0 heterocycles. The van der Waals surface area contributed by atoms with Crippen molar-refractivity contribution in [3.05, 3.63) is 0 Å². The summed E-state index contributed by atoms with van der Waals surface area (Å²) in [5.41, 5.74) is 3.36. The summed E-state index contributed by atoms with van der Waals surface area (Å²) < 4.78 is 35.3. The minimum absolute atomic E-state index is 0.281. The third kappa shape index (κ3) is 1.86. The van der Waals surface area contributed by atoms with Crippen LogP contribution in [-0.4, -0.2) is 26.6 Å². The molecule has 0 aliphatic heterocycles. The van der Waals surface area contributed by atoms with E-state index in [1.165, 1.54) is 0 Å². The quantitative estimate of drug-likeness (QED) is 0.616. The maximum absolute atomic E-state index is 11.8. The second kappa shape index (κ2) is 3.71. The first-order chi connectivity index (χ1) is 4.24. The van der Waals surface area contributed by atoms with Gasteiger partial charge in [-0.05, 0) is 0 Å². The van der Waals surface area contributed by atoms with E-state index in [-0.39, 0.29) is 6.54 Å². The normalized spacial score (nSPS) is 12.0. The van der Waals surface area contributed by atoms with Crippen molar-refractivity contribution < 1.29 is 13.2 Å². The number of rotatable bonds is 4. The fraction of sp³-hybridized carbons (Fsp3) is 1.00. The maximum atomic E-state index is 11.8. The topological polar surface area (TPSA) is 26.0 Å². The van der Waals surface area contributed by atoms with Crippen molar-refractivity contribution in [3.8, 4) is 0 Å². The van der Waals surface area contributed by atoms with Crippen LogP contribution >= 0.6 is 0 Å². The molecule has 0 radical (unpaired) electrons. The highest BCUT2D eigenvalue weighted by Gasteiger charge is 2.28. The predicted molar refractivity (Wildman–Crippen MR) is 29.4 cm³/mol. The molecule has 4 heteroatoms. The Balaban J connectivity index is 3.82. The van der Waals surface area contributed by atoms with Crippen molar-refractivity contribution in [2.45, 2.75) is 0 Å². The molecule has 56 valence electrons. The van der Waals surface area contributed by atoms with E-state index in [2.05, 4.69) is 0 Å². The van der Waals surface area contributed by atoms with Crippen LogP contribution in [0.25, 0.3) is 0 Å². The molecule has 0 aromatic rings. The van der Waals surface area contributed by atoms with Gasteiger partial charge in [0.2, 0.25) is 0 Å². The average molecular weight is 141 g/mol. The molecule has 0 aliphatic carbocycles. The number of hydrogen-bond acceptors (Lipinski definition) is 1. The van der Waals surface area contributed by atoms with Crippen molar-refractivity contribution in [1.29, 1.82) is 0 Å². The molecule has 0 saturated carbocycles. The second-order valence-corrected chi connectivity index (χ2v) is 2.11. The molecule has 0 fully saturated rings. The molecule has 0 bridgehead atoms. The van der Waals surface area contributed by atoms with E-state index >= 15 is 0 Å². The molecule has 0 aromatic carbocycles. The summed E-state index contributed by atoms with van der Waals surface area (Å²) in [6.07, 6.45) is 0. The van der Waals surface area contributed by atoms with E-state index in [1.807, 2.05) is 0 Å². The standard InChI is InChI=1S/C5H10F3N/c6-1-5(2-7,3-8)4-9/h1-4,9H2. The zero-order valence-electron chi connectivity index (χ0n) is 5.04. The van der Waals surface area contributed by atoms with Gasteiger partial charge in [-0.15, -0.1) is 0 Å². The van der Waals surface area contributed by atoms with Gasteiger partial charge in [0.1, 0.15) is 20.0 Å². The highest BCUT2D eigenvalue weighted by atomic mass is 19.1. The van der Waals surface area contributed by atoms with E-state index in [1.54, 1.807) is 0 Å². The van der Waals surface area contributed by atoms with Crippen LogP contribution in [0.15, 0.2) is 0 Å². The van der Waals surface area contributed by atoms with Crippen LogP contribution in [0, 0.1) is 5.41 Å². The van der Waals surface area contributed by atoms with Crippen LogP contribution < -0.4 is 5.73 Å². The van der Waals surface area contributed by atoms with Gasteiger partial charge in [0, 0.05) is 6.54 Å². The van der Waals surface area contributed by atoms with E-state index in [0.717, 1.165) is 0 Å². The minimum atomic E-state index is -1.56. The molecule has 0 spiro atoms. The van der Waals surface area contributed by atoms with Gasteiger partial charge >= 0.3 is 0 Å². The molecule has 1 nitrogen and oxygen atoms in total. The van der Waals surface area contributed by atoms with E-state index in [4.69, 9.17) is 5.73 Å². The first-order valence-corrected chi connectivity index (χ1v) is 2.62. The lowest BCUT2D eigenvalue weighted by atomic mass is 9.94. The van der Waals surface area contributed by atoms with E-state index in [0.29, 0.717) is 0 Å². The Morgan fingerprint density at radius 2 is 1.33 bits per heavy atom. The Bertz CT molecular complexity index is 55.1. The lowest BCUT2D eigenvalue weighted by Gasteiger charge is -2.20.